The van der Waals surface area contributed by atoms with Gasteiger partial charge in [0, 0.05) is 25.4 Å². The standard InChI is InChI=1S/C16H30N2O3/c1-16(2,3)12(6-7-15(20)21)8-9-18-14(19)10-13(17)11-4-5-11/h11-13H,4-10,17H2,1-3H3,(H,18,19)(H,20,21). The molecule has 0 bridgehead atoms. The lowest BCUT2D eigenvalue weighted by molar-refractivity contribution is -0.137. The summed E-state index contributed by atoms with van der Waals surface area (Å²) in [5.41, 5.74) is 5.98. The van der Waals surface area contributed by atoms with Gasteiger partial charge in [-0.3, -0.25) is 9.59 Å². The first kappa shape index (κ1) is 18.0. The highest BCUT2D eigenvalue weighted by molar-refractivity contribution is 5.76. The van der Waals surface area contributed by atoms with Gasteiger partial charge in [-0.1, -0.05) is 20.8 Å². The zero-order chi connectivity index (χ0) is 16.0. The maximum absolute atomic E-state index is 11.8. The Kier molecular flexibility index (Phi) is 6.65. The molecule has 5 heteroatoms. The van der Waals surface area contributed by atoms with Gasteiger partial charge in [-0.05, 0) is 42.9 Å². The molecule has 1 rings (SSSR count). The molecule has 2 atom stereocenters. The number of hydrogen-bond acceptors (Lipinski definition) is 3. The minimum Gasteiger partial charge on any atom is -0.481 e. The monoisotopic (exact) mass is 298 g/mol. The normalized spacial score (nSPS) is 18.1. The van der Waals surface area contributed by atoms with Crippen molar-refractivity contribution in [2.24, 2.45) is 23.0 Å². The molecule has 1 aliphatic carbocycles. The van der Waals surface area contributed by atoms with Gasteiger partial charge in [0.15, 0.2) is 0 Å². The van der Waals surface area contributed by atoms with Gasteiger partial charge in [0.05, 0.1) is 0 Å². The molecule has 122 valence electrons. The SMILES string of the molecule is CC(C)(C)C(CCNC(=O)CC(N)C1CC1)CCC(=O)O. The lowest BCUT2D eigenvalue weighted by Gasteiger charge is -2.30. The van der Waals surface area contributed by atoms with E-state index in [-0.39, 0.29) is 29.7 Å². The zero-order valence-corrected chi connectivity index (χ0v) is 13.5. The van der Waals surface area contributed by atoms with Gasteiger partial charge < -0.3 is 16.2 Å². The number of nitrogens with one attached hydrogen (secondary N) is 1. The molecule has 0 aromatic heterocycles. The molecular weight excluding hydrogens is 268 g/mol. The molecule has 0 radical (unpaired) electrons. The van der Waals surface area contributed by atoms with Gasteiger partial charge >= 0.3 is 5.97 Å². The Labute approximate surface area is 127 Å². The summed E-state index contributed by atoms with van der Waals surface area (Å²) in [4.78, 5) is 22.5. The molecule has 0 spiro atoms. The lowest BCUT2D eigenvalue weighted by atomic mass is 9.76. The minimum absolute atomic E-state index is 0.00424. The molecule has 0 heterocycles. The Morgan fingerprint density at radius 2 is 1.90 bits per heavy atom. The van der Waals surface area contributed by atoms with Crippen LogP contribution in [0.5, 0.6) is 0 Å². The average molecular weight is 298 g/mol. The molecule has 5 nitrogen and oxygen atoms in total. The highest BCUT2D eigenvalue weighted by Gasteiger charge is 2.30. The van der Waals surface area contributed by atoms with E-state index in [2.05, 4.69) is 26.1 Å². The van der Waals surface area contributed by atoms with Crippen LogP contribution in [0, 0.1) is 17.3 Å². The largest absolute Gasteiger partial charge is 0.481 e. The van der Waals surface area contributed by atoms with Crippen molar-refractivity contribution in [2.75, 3.05) is 6.54 Å². The van der Waals surface area contributed by atoms with Crippen molar-refractivity contribution in [3.63, 3.8) is 0 Å². The summed E-state index contributed by atoms with van der Waals surface area (Å²) in [6.07, 6.45) is 4.34. The first-order valence-corrected chi connectivity index (χ1v) is 7.94. The summed E-state index contributed by atoms with van der Waals surface area (Å²) in [5.74, 6) is 0.0728. The average Bonchev–Trinajstić information content (AvgIpc) is 3.15. The van der Waals surface area contributed by atoms with Crippen LogP contribution < -0.4 is 11.1 Å². The second-order valence-corrected chi connectivity index (χ2v) is 7.34. The van der Waals surface area contributed by atoms with Crippen LogP contribution >= 0.6 is 0 Å². The molecule has 0 aromatic rings. The highest BCUT2D eigenvalue weighted by Crippen LogP contribution is 2.33. The Morgan fingerprint density at radius 3 is 2.38 bits per heavy atom. The van der Waals surface area contributed by atoms with E-state index in [0.717, 1.165) is 19.3 Å². The molecular formula is C16H30N2O3. The van der Waals surface area contributed by atoms with Gasteiger partial charge in [0.2, 0.25) is 5.91 Å². The molecule has 1 saturated carbocycles. The van der Waals surface area contributed by atoms with Gasteiger partial charge in [-0.2, -0.15) is 0 Å². The van der Waals surface area contributed by atoms with E-state index in [1.807, 2.05) is 0 Å². The van der Waals surface area contributed by atoms with Crippen molar-refractivity contribution in [3.05, 3.63) is 0 Å². The van der Waals surface area contributed by atoms with Gasteiger partial charge in [0.25, 0.3) is 0 Å². The topological polar surface area (TPSA) is 92.4 Å². The van der Waals surface area contributed by atoms with Crippen LogP contribution in [0.4, 0.5) is 0 Å². The molecule has 1 aliphatic rings. The van der Waals surface area contributed by atoms with Crippen molar-refractivity contribution in [1.82, 2.24) is 5.32 Å². The number of carboxylic acid groups (broad SMARTS) is 1. The summed E-state index contributed by atoms with van der Waals surface area (Å²) in [6.45, 7) is 6.94. The fourth-order valence-electron chi connectivity index (χ4n) is 2.67. The van der Waals surface area contributed by atoms with Crippen LogP contribution in [0.15, 0.2) is 0 Å². The summed E-state index contributed by atoms with van der Waals surface area (Å²) in [6, 6.07) is -0.00424. The third kappa shape index (κ3) is 7.46. The van der Waals surface area contributed by atoms with E-state index >= 15 is 0 Å². The maximum Gasteiger partial charge on any atom is 0.303 e. The quantitative estimate of drug-likeness (QED) is 0.608. The van der Waals surface area contributed by atoms with E-state index in [1.165, 1.54) is 0 Å². The smallest absolute Gasteiger partial charge is 0.303 e. The van der Waals surface area contributed by atoms with Crippen LogP contribution in [0.2, 0.25) is 0 Å². The van der Waals surface area contributed by atoms with Crippen molar-refractivity contribution in [2.45, 2.75) is 65.3 Å². The summed E-state index contributed by atoms with van der Waals surface area (Å²) in [7, 11) is 0. The highest BCUT2D eigenvalue weighted by atomic mass is 16.4. The van der Waals surface area contributed by atoms with Crippen molar-refractivity contribution >= 4 is 11.9 Å². The predicted octanol–water partition coefficient (Wildman–Crippen LogP) is 2.15. The van der Waals surface area contributed by atoms with E-state index < -0.39 is 5.97 Å². The fraction of sp³-hybridized carbons (Fsp3) is 0.875. The summed E-state index contributed by atoms with van der Waals surface area (Å²) >= 11 is 0. The number of aliphatic carboxylic acids is 1. The number of nitrogens with two attached hydrogens (primary N) is 1. The number of carboxylic acids is 1. The third-order valence-corrected chi connectivity index (χ3v) is 4.39. The van der Waals surface area contributed by atoms with Gasteiger partial charge in [-0.25, -0.2) is 0 Å². The van der Waals surface area contributed by atoms with Crippen LogP contribution in [-0.2, 0) is 9.59 Å². The number of hydrogen-bond donors (Lipinski definition) is 3. The lowest BCUT2D eigenvalue weighted by Crippen LogP contribution is -2.35. The fourth-order valence-corrected chi connectivity index (χ4v) is 2.67. The molecule has 0 aliphatic heterocycles. The molecule has 4 N–H and O–H groups in total. The molecule has 1 amide bonds. The maximum atomic E-state index is 11.8. The first-order valence-electron chi connectivity index (χ1n) is 7.94. The zero-order valence-electron chi connectivity index (χ0n) is 13.5. The number of carbonyl (C=O) groups is 2. The van der Waals surface area contributed by atoms with E-state index in [1.54, 1.807) is 0 Å². The van der Waals surface area contributed by atoms with Crippen LogP contribution in [0.25, 0.3) is 0 Å². The number of amides is 1. The van der Waals surface area contributed by atoms with E-state index in [9.17, 15) is 9.59 Å². The van der Waals surface area contributed by atoms with E-state index in [4.69, 9.17) is 10.8 Å². The molecule has 0 saturated heterocycles. The van der Waals surface area contributed by atoms with Crippen molar-refractivity contribution in [3.8, 4) is 0 Å². The minimum atomic E-state index is -0.760. The van der Waals surface area contributed by atoms with Crippen LogP contribution in [0.1, 0.15) is 59.3 Å². The number of carbonyl (C=O) groups excluding carboxylic acids is 1. The van der Waals surface area contributed by atoms with Gasteiger partial charge in [0.1, 0.15) is 0 Å². The second kappa shape index (κ2) is 7.78. The summed E-state index contributed by atoms with van der Waals surface area (Å²) < 4.78 is 0. The Balaban J connectivity index is 2.28. The Bertz CT molecular complexity index is 359. The Morgan fingerprint density at radius 1 is 1.29 bits per heavy atom. The molecule has 1 fully saturated rings. The third-order valence-electron chi connectivity index (χ3n) is 4.39. The van der Waals surface area contributed by atoms with Crippen LogP contribution in [-0.4, -0.2) is 29.6 Å². The van der Waals surface area contributed by atoms with E-state index in [0.29, 0.717) is 25.3 Å². The molecule has 2 unspecified atom stereocenters. The molecule has 21 heavy (non-hydrogen) atoms. The van der Waals surface area contributed by atoms with Crippen molar-refractivity contribution in [1.29, 1.82) is 0 Å². The number of rotatable bonds is 9. The predicted molar refractivity (Wildman–Crippen MR) is 82.8 cm³/mol. The van der Waals surface area contributed by atoms with Crippen LogP contribution in [0.3, 0.4) is 0 Å². The first-order chi connectivity index (χ1) is 9.70. The molecule has 0 aromatic carbocycles. The van der Waals surface area contributed by atoms with Gasteiger partial charge in [-0.15, -0.1) is 0 Å². The summed E-state index contributed by atoms with van der Waals surface area (Å²) in [5, 5.41) is 11.7. The van der Waals surface area contributed by atoms with Crippen molar-refractivity contribution < 1.29 is 14.7 Å². The second-order valence-electron chi connectivity index (χ2n) is 7.34. The Hall–Kier alpha value is -1.10.